The Labute approximate surface area is 126 Å². The van der Waals surface area contributed by atoms with Crippen molar-refractivity contribution in [1.29, 1.82) is 0 Å². The van der Waals surface area contributed by atoms with Crippen LogP contribution in [0.4, 0.5) is 0 Å². The molecule has 2 rings (SSSR count). The molecule has 1 aliphatic carbocycles. The molecule has 0 unspecified atom stereocenters. The van der Waals surface area contributed by atoms with Crippen LogP contribution in [0.15, 0.2) is 27.6 Å². The average Bonchev–Trinajstić information content (AvgIpc) is 2.74. The van der Waals surface area contributed by atoms with Gasteiger partial charge in [0.15, 0.2) is 0 Å². The van der Waals surface area contributed by atoms with Gasteiger partial charge in [-0.15, -0.1) is 0 Å². The van der Waals surface area contributed by atoms with Crippen molar-refractivity contribution in [1.82, 2.24) is 4.72 Å². The summed E-state index contributed by atoms with van der Waals surface area (Å²) in [5.41, 5.74) is -0.922. The second kappa shape index (κ2) is 5.69. The first-order chi connectivity index (χ1) is 8.82. The molecule has 19 heavy (non-hydrogen) atoms. The van der Waals surface area contributed by atoms with E-state index in [9.17, 15) is 13.5 Å². The maximum Gasteiger partial charge on any atom is 0.242 e. The summed E-state index contributed by atoms with van der Waals surface area (Å²) in [6.07, 6.45) is 3.11. The lowest BCUT2D eigenvalue weighted by atomic mass is 10.0. The Morgan fingerprint density at radius 2 is 2.00 bits per heavy atom. The van der Waals surface area contributed by atoms with Gasteiger partial charge in [0, 0.05) is 11.0 Å². The molecule has 1 aliphatic rings. The smallest absolute Gasteiger partial charge is 0.242 e. The van der Waals surface area contributed by atoms with E-state index in [0.29, 0.717) is 17.3 Å². The molecular formula is C12H15BrClNO3S. The highest BCUT2D eigenvalue weighted by atomic mass is 79.9. The van der Waals surface area contributed by atoms with Crippen molar-refractivity contribution in [3.8, 4) is 0 Å². The SMILES string of the molecule is O=S(=O)(NCC1(O)CCCC1)c1ccc(Br)cc1Cl. The van der Waals surface area contributed by atoms with E-state index in [1.807, 2.05) is 0 Å². The van der Waals surface area contributed by atoms with Crippen LogP contribution in [0.1, 0.15) is 25.7 Å². The zero-order chi connectivity index (χ0) is 14.1. The summed E-state index contributed by atoms with van der Waals surface area (Å²) in [5.74, 6) is 0. The van der Waals surface area contributed by atoms with Crippen molar-refractivity contribution >= 4 is 37.6 Å². The monoisotopic (exact) mass is 367 g/mol. The Hall–Kier alpha value is -0.140. The van der Waals surface area contributed by atoms with Crippen molar-refractivity contribution < 1.29 is 13.5 Å². The zero-order valence-electron chi connectivity index (χ0n) is 10.2. The number of benzene rings is 1. The summed E-state index contributed by atoms with van der Waals surface area (Å²) in [7, 11) is -3.70. The second-order valence-electron chi connectivity index (χ2n) is 4.83. The highest BCUT2D eigenvalue weighted by molar-refractivity contribution is 9.10. The van der Waals surface area contributed by atoms with Crippen LogP contribution >= 0.6 is 27.5 Å². The van der Waals surface area contributed by atoms with Gasteiger partial charge in [0.25, 0.3) is 0 Å². The minimum Gasteiger partial charge on any atom is -0.389 e. The summed E-state index contributed by atoms with van der Waals surface area (Å²) >= 11 is 9.16. The molecule has 0 amide bonds. The van der Waals surface area contributed by atoms with E-state index >= 15 is 0 Å². The van der Waals surface area contributed by atoms with Crippen LogP contribution < -0.4 is 4.72 Å². The van der Waals surface area contributed by atoms with Gasteiger partial charge in [-0.3, -0.25) is 0 Å². The number of halogens is 2. The quantitative estimate of drug-likeness (QED) is 0.858. The van der Waals surface area contributed by atoms with Gasteiger partial charge in [0.2, 0.25) is 10.0 Å². The van der Waals surface area contributed by atoms with Gasteiger partial charge in [-0.05, 0) is 31.0 Å². The molecular weight excluding hydrogens is 354 g/mol. The summed E-state index contributed by atoms with van der Waals surface area (Å²) in [5, 5.41) is 10.3. The van der Waals surface area contributed by atoms with Crippen molar-refractivity contribution in [3.05, 3.63) is 27.7 Å². The summed E-state index contributed by atoms with van der Waals surface area (Å²) < 4.78 is 27.4. The fourth-order valence-corrected chi connectivity index (χ4v) is 4.37. The summed E-state index contributed by atoms with van der Waals surface area (Å²) in [6, 6.07) is 4.58. The van der Waals surface area contributed by atoms with Crippen LogP contribution in [-0.4, -0.2) is 25.7 Å². The van der Waals surface area contributed by atoms with Crippen LogP contribution in [0.25, 0.3) is 0 Å². The standard InChI is InChI=1S/C12H15BrClNO3S/c13-9-3-4-11(10(14)7-9)19(17,18)15-8-12(16)5-1-2-6-12/h3-4,7,15-16H,1-2,5-6,8H2. The first-order valence-electron chi connectivity index (χ1n) is 6.00. The third-order valence-electron chi connectivity index (χ3n) is 3.31. The molecule has 1 aromatic carbocycles. The molecule has 106 valence electrons. The Bertz CT molecular complexity index is 570. The normalized spacial score (nSPS) is 18.7. The van der Waals surface area contributed by atoms with Gasteiger partial charge in [0.05, 0.1) is 10.6 Å². The summed E-state index contributed by atoms with van der Waals surface area (Å²) in [4.78, 5) is 0.0268. The summed E-state index contributed by atoms with van der Waals surface area (Å²) in [6.45, 7) is 0.0295. The van der Waals surface area contributed by atoms with Crippen LogP contribution in [0, 0.1) is 0 Å². The van der Waals surface area contributed by atoms with Gasteiger partial charge in [-0.2, -0.15) is 0 Å². The molecule has 0 aromatic heterocycles. The molecule has 0 bridgehead atoms. The van der Waals surface area contributed by atoms with E-state index in [2.05, 4.69) is 20.7 Å². The van der Waals surface area contributed by atoms with Gasteiger partial charge < -0.3 is 5.11 Å². The lowest BCUT2D eigenvalue weighted by molar-refractivity contribution is 0.0532. The number of sulfonamides is 1. The minimum atomic E-state index is -3.70. The minimum absolute atomic E-state index is 0.0268. The van der Waals surface area contributed by atoms with Crippen LogP contribution in [0.3, 0.4) is 0 Å². The molecule has 0 aliphatic heterocycles. The predicted molar refractivity (Wildman–Crippen MR) is 77.8 cm³/mol. The van der Waals surface area contributed by atoms with Crippen LogP contribution in [0.2, 0.25) is 5.02 Å². The second-order valence-corrected chi connectivity index (χ2v) is 7.89. The third kappa shape index (κ3) is 3.70. The topological polar surface area (TPSA) is 66.4 Å². The first-order valence-corrected chi connectivity index (χ1v) is 8.65. The fourth-order valence-electron chi connectivity index (χ4n) is 2.21. The number of hydrogen-bond acceptors (Lipinski definition) is 3. The lowest BCUT2D eigenvalue weighted by Gasteiger charge is -2.22. The van der Waals surface area contributed by atoms with Gasteiger partial charge >= 0.3 is 0 Å². The number of nitrogens with one attached hydrogen (secondary N) is 1. The molecule has 1 saturated carbocycles. The largest absolute Gasteiger partial charge is 0.389 e. The Morgan fingerprint density at radius 3 is 2.58 bits per heavy atom. The lowest BCUT2D eigenvalue weighted by Crippen LogP contribution is -2.40. The molecule has 7 heteroatoms. The van der Waals surface area contributed by atoms with Crippen LogP contribution in [-0.2, 0) is 10.0 Å². The molecule has 0 radical (unpaired) electrons. The van der Waals surface area contributed by atoms with Gasteiger partial charge in [-0.25, -0.2) is 13.1 Å². The van der Waals surface area contributed by atoms with E-state index in [1.165, 1.54) is 12.1 Å². The van der Waals surface area contributed by atoms with E-state index in [1.54, 1.807) is 6.07 Å². The molecule has 2 N–H and O–H groups in total. The third-order valence-corrected chi connectivity index (χ3v) is 5.69. The molecule has 0 heterocycles. The van der Waals surface area contributed by atoms with E-state index in [0.717, 1.165) is 12.8 Å². The van der Waals surface area contributed by atoms with E-state index in [-0.39, 0.29) is 16.5 Å². The van der Waals surface area contributed by atoms with E-state index in [4.69, 9.17) is 11.6 Å². The fraction of sp³-hybridized carbons (Fsp3) is 0.500. The van der Waals surface area contributed by atoms with Crippen molar-refractivity contribution in [2.24, 2.45) is 0 Å². The zero-order valence-corrected chi connectivity index (χ0v) is 13.4. The van der Waals surface area contributed by atoms with Gasteiger partial charge in [-0.1, -0.05) is 40.4 Å². The first kappa shape index (κ1) is 15.3. The van der Waals surface area contributed by atoms with E-state index < -0.39 is 15.6 Å². The van der Waals surface area contributed by atoms with Crippen molar-refractivity contribution in [3.63, 3.8) is 0 Å². The average molecular weight is 369 g/mol. The Morgan fingerprint density at radius 1 is 1.37 bits per heavy atom. The van der Waals surface area contributed by atoms with Crippen molar-refractivity contribution in [2.75, 3.05) is 6.54 Å². The Balaban J connectivity index is 2.14. The molecule has 1 aromatic rings. The molecule has 4 nitrogen and oxygen atoms in total. The molecule has 0 saturated heterocycles. The van der Waals surface area contributed by atoms with Gasteiger partial charge in [0.1, 0.15) is 4.90 Å². The van der Waals surface area contributed by atoms with Crippen LogP contribution in [0.5, 0.6) is 0 Å². The maximum absolute atomic E-state index is 12.1. The number of aliphatic hydroxyl groups is 1. The molecule has 0 spiro atoms. The highest BCUT2D eigenvalue weighted by Crippen LogP contribution is 2.30. The molecule has 0 atom stereocenters. The predicted octanol–water partition coefficient (Wildman–Crippen LogP) is 2.69. The maximum atomic E-state index is 12.1. The number of hydrogen-bond donors (Lipinski definition) is 2. The molecule has 1 fully saturated rings. The Kier molecular flexibility index (Phi) is 4.57. The number of rotatable bonds is 4. The van der Waals surface area contributed by atoms with Crippen molar-refractivity contribution in [2.45, 2.75) is 36.2 Å². The highest BCUT2D eigenvalue weighted by Gasteiger charge is 2.32.